The van der Waals surface area contributed by atoms with E-state index in [1.165, 1.54) is 4.90 Å². The summed E-state index contributed by atoms with van der Waals surface area (Å²) >= 11 is 1.92. The molecule has 1 atom stereocenters. The molecule has 2 heterocycles. The van der Waals surface area contributed by atoms with Gasteiger partial charge in [0, 0.05) is 55.8 Å². The molecule has 0 saturated carbocycles. The maximum absolute atomic E-state index is 13.7. The molecular weight excluding hydrogens is 588 g/mol. The van der Waals surface area contributed by atoms with Crippen LogP contribution in [0.4, 0.5) is 26.3 Å². The smallest absolute Gasteiger partial charge is 0.333 e. The van der Waals surface area contributed by atoms with Crippen LogP contribution in [0.1, 0.15) is 27.0 Å². The lowest BCUT2D eigenvalue weighted by atomic mass is 9.97. The van der Waals surface area contributed by atoms with Gasteiger partial charge in [-0.3, -0.25) is 14.6 Å². The largest absolute Gasteiger partial charge is 0.416 e. The van der Waals surface area contributed by atoms with Crippen molar-refractivity contribution in [2.45, 2.75) is 24.8 Å². The Bertz CT molecular complexity index is 1470. The zero-order valence-corrected chi connectivity index (χ0v) is 24.2. The number of thioether (sulfide) groups is 1. The lowest BCUT2D eigenvalue weighted by Crippen LogP contribution is -2.56. The van der Waals surface area contributed by atoms with Crippen molar-refractivity contribution in [1.82, 2.24) is 14.7 Å². The maximum atomic E-state index is 13.7. The SMILES string of the molecule is O=C(c1cc(C(F)(F)F)cc(C(F)(F)F)c1)N1CCN(CC#CCN2CCSCC2)C[C@H]1Cc1ccc2ccccc2c1. The Balaban J connectivity index is 1.39. The predicted octanol–water partition coefficient (Wildman–Crippen LogP) is 6.30. The lowest BCUT2D eigenvalue weighted by molar-refractivity contribution is -0.143. The second kappa shape index (κ2) is 13.2. The van der Waals surface area contributed by atoms with Gasteiger partial charge in [0.1, 0.15) is 0 Å². The molecule has 0 aromatic heterocycles. The number of piperazine rings is 1. The highest BCUT2D eigenvalue weighted by Gasteiger charge is 2.39. The normalized spacial score (nSPS) is 18.8. The van der Waals surface area contributed by atoms with Crippen LogP contribution in [-0.4, -0.2) is 84.0 Å². The van der Waals surface area contributed by atoms with Gasteiger partial charge in [-0.15, -0.1) is 0 Å². The van der Waals surface area contributed by atoms with Crippen molar-refractivity contribution in [3.63, 3.8) is 0 Å². The number of benzene rings is 3. The average molecular weight is 620 g/mol. The Morgan fingerprint density at radius 2 is 1.40 bits per heavy atom. The number of fused-ring (bicyclic) bond motifs is 1. The van der Waals surface area contributed by atoms with Gasteiger partial charge in [-0.25, -0.2) is 0 Å². The van der Waals surface area contributed by atoms with Crippen LogP contribution in [0.25, 0.3) is 10.8 Å². The minimum atomic E-state index is -5.04. The fourth-order valence-electron chi connectivity index (χ4n) is 5.48. The summed E-state index contributed by atoms with van der Waals surface area (Å²) in [7, 11) is 0. The van der Waals surface area contributed by atoms with Gasteiger partial charge < -0.3 is 4.90 Å². The summed E-state index contributed by atoms with van der Waals surface area (Å²) in [6, 6.07) is 14.3. The summed E-state index contributed by atoms with van der Waals surface area (Å²) in [5.41, 5.74) is -2.72. The summed E-state index contributed by atoms with van der Waals surface area (Å²) in [5.74, 6) is 7.75. The summed E-state index contributed by atoms with van der Waals surface area (Å²) in [4.78, 5) is 19.5. The highest BCUT2D eigenvalue weighted by Crippen LogP contribution is 2.37. The molecule has 1 amide bonds. The summed E-state index contributed by atoms with van der Waals surface area (Å²) in [6.45, 7) is 4.08. The number of nitrogens with zero attached hydrogens (tertiary/aromatic N) is 3. The summed E-state index contributed by atoms with van der Waals surface area (Å²) in [5, 5.41) is 2.04. The van der Waals surface area contributed by atoms with Crippen molar-refractivity contribution in [2.75, 3.05) is 57.3 Å². The fraction of sp³-hybridized carbons (Fsp3) is 0.406. The van der Waals surface area contributed by atoms with Crippen LogP contribution in [0, 0.1) is 11.8 Å². The molecule has 3 aromatic rings. The molecule has 0 bridgehead atoms. The van der Waals surface area contributed by atoms with Crippen LogP contribution in [0.15, 0.2) is 60.7 Å². The lowest BCUT2D eigenvalue weighted by Gasteiger charge is -2.41. The average Bonchev–Trinajstić information content (AvgIpc) is 2.98. The van der Waals surface area contributed by atoms with Crippen molar-refractivity contribution < 1.29 is 31.1 Å². The second-order valence-electron chi connectivity index (χ2n) is 10.8. The van der Waals surface area contributed by atoms with Crippen molar-refractivity contribution >= 4 is 28.4 Å². The van der Waals surface area contributed by atoms with E-state index in [0.29, 0.717) is 44.7 Å². The van der Waals surface area contributed by atoms with E-state index in [1.807, 2.05) is 54.2 Å². The Labute approximate surface area is 251 Å². The van der Waals surface area contributed by atoms with Crippen LogP contribution in [-0.2, 0) is 18.8 Å². The maximum Gasteiger partial charge on any atom is 0.416 e. The van der Waals surface area contributed by atoms with Crippen molar-refractivity contribution in [2.24, 2.45) is 0 Å². The van der Waals surface area contributed by atoms with E-state index in [2.05, 4.69) is 21.6 Å². The fourth-order valence-corrected chi connectivity index (χ4v) is 6.46. The van der Waals surface area contributed by atoms with Gasteiger partial charge in [0.05, 0.1) is 24.2 Å². The second-order valence-corrected chi connectivity index (χ2v) is 12.0. The van der Waals surface area contributed by atoms with Crippen molar-refractivity contribution in [1.29, 1.82) is 0 Å². The van der Waals surface area contributed by atoms with E-state index in [-0.39, 0.29) is 12.6 Å². The van der Waals surface area contributed by atoms with Gasteiger partial charge in [0.15, 0.2) is 0 Å². The molecule has 43 heavy (non-hydrogen) atoms. The zero-order valence-electron chi connectivity index (χ0n) is 23.3. The number of alkyl halides is 6. The molecule has 11 heteroatoms. The van der Waals surface area contributed by atoms with Gasteiger partial charge in [-0.2, -0.15) is 38.1 Å². The minimum Gasteiger partial charge on any atom is -0.333 e. The van der Waals surface area contributed by atoms with Crippen LogP contribution in [0.5, 0.6) is 0 Å². The van der Waals surface area contributed by atoms with Gasteiger partial charge >= 0.3 is 12.4 Å². The van der Waals surface area contributed by atoms with Gasteiger partial charge in [-0.1, -0.05) is 54.3 Å². The van der Waals surface area contributed by atoms with Gasteiger partial charge in [0.25, 0.3) is 5.91 Å². The molecule has 228 valence electrons. The number of halogens is 6. The van der Waals surface area contributed by atoms with E-state index >= 15 is 0 Å². The molecule has 5 rings (SSSR count). The van der Waals surface area contributed by atoms with E-state index in [1.54, 1.807) is 0 Å². The van der Waals surface area contributed by atoms with Crippen LogP contribution < -0.4 is 0 Å². The quantitative estimate of drug-likeness (QED) is 0.248. The first-order valence-corrected chi connectivity index (χ1v) is 15.2. The third-order valence-corrected chi connectivity index (χ3v) is 8.72. The molecule has 2 saturated heterocycles. The van der Waals surface area contributed by atoms with E-state index in [4.69, 9.17) is 0 Å². The molecule has 0 spiro atoms. The Kier molecular flexibility index (Phi) is 9.59. The van der Waals surface area contributed by atoms with Crippen LogP contribution >= 0.6 is 11.8 Å². The van der Waals surface area contributed by atoms with Gasteiger partial charge in [0.2, 0.25) is 0 Å². The Morgan fingerprint density at radius 3 is 2.05 bits per heavy atom. The van der Waals surface area contributed by atoms with Crippen molar-refractivity contribution in [3.8, 4) is 11.8 Å². The first-order valence-electron chi connectivity index (χ1n) is 14.0. The van der Waals surface area contributed by atoms with E-state index in [0.717, 1.165) is 40.9 Å². The molecule has 0 N–H and O–H groups in total. The van der Waals surface area contributed by atoms with Crippen LogP contribution in [0.3, 0.4) is 0 Å². The predicted molar refractivity (Wildman–Crippen MR) is 157 cm³/mol. The monoisotopic (exact) mass is 619 g/mol. The summed E-state index contributed by atoms with van der Waals surface area (Å²) in [6.07, 6.45) is -9.69. The minimum absolute atomic E-state index is 0.0443. The third-order valence-electron chi connectivity index (χ3n) is 7.78. The molecular formula is C32H31F6N3OS. The molecule has 2 aliphatic rings. The highest BCUT2D eigenvalue weighted by atomic mass is 32.2. The third kappa shape index (κ3) is 8.05. The molecule has 0 radical (unpaired) electrons. The summed E-state index contributed by atoms with van der Waals surface area (Å²) < 4.78 is 81.2. The molecule has 4 nitrogen and oxygen atoms in total. The molecule has 3 aromatic carbocycles. The standard InChI is InChI=1S/C32H31F6N3OS/c33-31(34,35)27-19-26(20-28(21-27)32(36,37)38)30(42)41-12-11-40(10-4-3-9-39-13-15-43-16-14-39)22-29(41)18-23-7-8-24-5-1-2-6-25(24)17-23/h1-2,5-8,17,19-21,29H,9-16,18,22H2/t29-/m1/s1. The zero-order chi connectivity index (χ0) is 30.6. The Hall–Kier alpha value is -3.20. The van der Waals surface area contributed by atoms with Gasteiger partial charge in [-0.05, 0) is 41.0 Å². The number of hydrogen-bond donors (Lipinski definition) is 0. The van der Waals surface area contributed by atoms with Crippen molar-refractivity contribution in [3.05, 3.63) is 82.9 Å². The van der Waals surface area contributed by atoms with Crippen LogP contribution in [0.2, 0.25) is 0 Å². The van der Waals surface area contributed by atoms with E-state index < -0.39 is 41.0 Å². The number of hydrogen-bond acceptors (Lipinski definition) is 4. The molecule has 0 unspecified atom stereocenters. The first-order chi connectivity index (χ1) is 20.5. The molecule has 0 aliphatic carbocycles. The number of rotatable bonds is 5. The van der Waals surface area contributed by atoms with E-state index in [9.17, 15) is 31.1 Å². The number of amides is 1. The number of carbonyl (C=O) groups excluding carboxylic acids is 1. The number of carbonyl (C=O) groups is 1. The molecule has 2 aliphatic heterocycles. The topological polar surface area (TPSA) is 26.8 Å². The first kappa shape index (κ1) is 31.2. The Morgan fingerprint density at radius 1 is 0.767 bits per heavy atom. The molecule has 2 fully saturated rings. The highest BCUT2D eigenvalue weighted by molar-refractivity contribution is 7.99.